The Hall–Kier alpha value is -2.96. The minimum atomic E-state index is -3.55. The van der Waals surface area contributed by atoms with Crippen molar-refractivity contribution in [1.29, 1.82) is 0 Å². The lowest BCUT2D eigenvalue weighted by molar-refractivity contribution is 0.0211. The van der Waals surface area contributed by atoms with Crippen LogP contribution < -0.4 is 15.0 Å². The van der Waals surface area contributed by atoms with Crippen molar-refractivity contribution in [2.75, 3.05) is 49.5 Å². The van der Waals surface area contributed by atoms with E-state index in [0.29, 0.717) is 61.8 Å². The molecule has 0 spiro atoms. The molecule has 2 atom stereocenters. The van der Waals surface area contributed by atoms with E-state index in [-0.39, 0.29) is 18.1 Å². The Balaban J connectivity index is 1.62. The van der Waals surface area contributed by atoms with Gasteiger partial charge in [0.05, 0.1) is 62.0 Å². The predicted molar refractivity (Wildman–Crippen MR) is 135 cm³/mol. The number of rotatable bonds is 5. The van der Waals surface area contributed by atoms with Crippen molar-refractivity contribution in [2.24, 2.45) is 0 Å². The molecule has 2 saturated heterocycles. The Morgan fingerprint density at radius 1 is 1.14 bits per heavy atom. The minimum Gasteiger partial charge on any atom is -0.486 e. The van der Waals surface area contributed by atoms with Gasteiger partial charge in [-0.1, -0.05) is 0 Å². The van der Waals surface area contributed by atoms with Gasteiger partial charge in [0, 0.05) is 17.8 Å². The number of anilines is 2. The molecule has 3 aromatic rings. The van der Waals surface area contributed by atoms with Crippen LogP contribution in [0.3, 0.4) is 0 Å². The number of nitrogens with zero attached hydrogens (tertiary/aromatic N) is 4. The molecule has 6 heterocycles. The van der Waals surface area contributed by atoms with E-state index >= 15 is 0 Å². The number of fused-ring (bicyclic) bond motifs is 4. The summed E-state index contributed by atoms with van der Waals surface area (Å²) in [4.78, 5) is 19.9. The van der Waals surface area contributed by atoms with Crippen LogP contribution >= 0.6 is 0 Å². The number of sulfone groups is 1. The molecule has 192 valence electrons. The highest BCUT2D eigenvalue weighted by atomic mass is 32.2. The number of nitrogens with one attached hydrogen (secondary N) is 2. The summed E-state index contributed by atoms with van der Waals surface area (Å²) in [6.07, 6.45) is 4.80. The molecule has 0 radical (unpaired) electrons. The highest BCUT2D eigenvalue weighted by Crippen LogP contribution is 2.45. The summed E-state index contributed by atoms with van der Waals surface area (Å²) in [5.74, 6) is 1.43. The summed E-state index contributed by atoms with van der Waals surface area (Å²) >= 11 is 0. The number of H-pyrrole nitrogens is 1. The van der Waals surface area contributed by atoms with Crippen molar-refractivity contribution in [2.45, 2.75) is 43.6 Å². The molecule has 3 aromatic heterocycles. The number of morpholine rings is 1. The van der Waals surface area contributed by atoms with E-state index in [1.54, 1.807) is 20.0 Å². The number of hydrogen-bond acceptors (Lipinski definition) is 10. The first kappa shape index (κ1) is 23.4. The van der Waals surface area contributed by atoms with Crippen LogP contribution in [0.15, 0.2) is 18.5 Å². The van der Waals surface area contributed by atoms with Gasteiger partial charge < -0.3 is 29.4 Å². The third-order valence-corrected chi connectivity index (χ3v) is 9.40. The number of hydrogen-bond donors (Lipinski definition) is 2. The van der Waals surface area contributed by atoms with Gasteiger partial charge >= 0.3 is 0 Å². The average Bonchev–Trinajstić information content (AvgIpc) is 3.28. The lowest BCUT2D eigenvalue weighted by atomic mass is 10.0. The molecule has 0 aromatic carbocycles. The zero-order chi connectivity index (χ0) is 25.2. The van der Waals surface area contributed by atoms with Gasteiger partial charge in [-0.15, -0.1) is 0 Å². The van der Waals surface area contributed by atoms with Crippen LogP contribution in [0.1, 0.15) is 26.5 Å². The molecule has 0 amide bonds. The molecule has 6 rings (SSSR count). The van der Waals surface area contributed by atoms with E-state index < -0.39 is 14.6 Å². The van der Waals surface area contributed by atoms with Crippen molar-refractivity contribution in [3.8, 4) is 17.1 Å². The van der Waals surface area contributed by atoms with E-state index in [4.69, 9.17) is 24.2 Å². The van der Waals surface area contributed by atoms with Crippen LogP contribution in [-0.2, 0) is 24.1 Å². The number of aromatic nitrogens is 4. The first-order valence-corrected chi connectivity index (χ1v) is 14.0. The van der Waals surface area contributed by atoms with Gasteiger partial charge in [-0.2, -0.15) is 0 Å². The van der Waals surface area contributed by atoms with Gasteiger partial charge in [0.2, 0.25) is 0 Å². The molecule has 2 N–H and O–H groups in total. The zero-order valence-electron chi connectivity index (χ0n) is 20.7. The van der Waals surface area contributed by atoms with E-state index in [0.717, 1.165) is 16.6 Å². The Kier molecular flexibility index (Phi) is 5.39. The van der Waals surface area contributed by atoms with E-state index in [2.05, 4.69) is 27.1 Å². The minimum absolute atomic E-state index is 0.0207. The van der Waals surface area contributed by atoms with Crippen LogP contribution in [-0.4, -0.2) is 85.8 Å². The summed E-state index contributed by atoms with van der Waals surface area (Å²) in [5.41, 5.74) is 2.56. The van der Waals surface area contributed by atoms with Crippen molar-refractivity contribution in [3.05, 3.63) is 24.2 Å². The van der Waals surface area contributed by atoms with Gasteiger partial charge in [-0.05, 0) is 26.8 Å². The first-order chi connectivity index (χ1) is 17.1. The molecular weight excluding hydrogens is 484 g/mol. The first-order valence-electron chi connectivity index (χ1n) is 12.1. The summed E-state index contributed by atoms with van der Waals surface area (Å²) in [5, 5.41) is 4.34. The Labute approximate surface area is 209 Å². The summed E-state index contributed by atoms with van der Waals surface area (Å²) < 4.78 is 41.9. The van der Waals surface area contributed by atoms with Crippen molar-refractivity contribution in [1.82, 2.24) is 19.9 Å². The van der Waals surface area contributed by atoms with E-state index in [9.17, 15) is 8.42 Å². The molecule has 3 aliphatic heterocycles. The molecule has 0 bridgehead atoms. The number of pyridine rings is 1. The molecule has 0 aliphatic carbocycles. The molecule has 3 aliphatic rings. The lowest BCUT2D eigenvalue weighted by Gasteiger charge is -2.45. The normalized spacial score (nSPS) is 22.5. The molecular formula is C24H30N6O5S. The molecule has 36 heavy (non-hydrogen) atoms. The maximum absolute atomic E-state index is 13.0. The molecule has 11 nitrogen and oxygen atoms in total. The summed E-state index contributed by atoms with van der Waals surface area (Å²) in [6, 6.07) is 2.10. The molecule has 1 unspecified atom stereocenters. The van der Waals surface area contributed by atoms with Gasteiger partial charge in [0.15, 0.2) is 27.2 Å². The van der Waals surface area contributed by atoms with Gasteiger partial charge in [-0.25, -0.2) is 23.4 Å². The Bertz CT molecular complexity index is 1430. The summed E-state index contributed by atoms with van der Waals surface area (Å²) in [6.45, 7) is 8.03. The van der Waals surface area contributed by atoms with Crippen LogP contribution in [0.25, 0.3) is 22.4 Å². The second kappa shape index (κ2) is 8.29. The number of aromatic amines is 1. The maximum Gasteiger partial charge on any atom is 0.185 e. The van der Waals surface area contributed by atoms with Crippen molar-refractivity contribution < 1.29 is 22.6 Å². The lowest BCUT2D eigenvalue weighted by Crippen LogP contribution is -2.56. The van der Waals surface area contributed by atoms with Crippen LogP contribution in [0.2, 0.25) is 0 Å². The van der Waals surface area contributed by atoms with E-state index in [1.165, 1.54) is 6.26 Å². The molecule has 2 fully saturated rings. The Morgan fingerprint density at radius 3 is 2.64 bits per heavy atom. The Morgan fingerprint density at radius 2 is 1.92 bits per heavy atom. The van der Waals surface area contributed by atoms with Gasteiger partial charge in [0.25, 0.3) is 0 Å². The highest BCUT2D eigenvalue weighted by molar-refractivity contribution is 7.91. The van der Waals surface area contributed by atoms with Gasteiger partial charge in [-0.3, -0.25) is 0 Å². The standard InChI is InChI=1S/C24H30N6O5S/c1-13-8-33-11-15-12-35-19-20(24(2,3)36(4,31)32)28-22(29-23(19)30(13)15)18-16-5-6-25-21(16)26-7-17(18)27-14-9-34-10-14/h5-7,13-15,27H,8-12H2,1-4H3,(H,25,26)/t13-,15?/m1/s1. The van der Waals surface area contributed by atoms with Crippen molar-refractivity contribution >= 4 is 32.4 Å². The predicted octanol–water partition coefficient (Wildman–Crippen LogP) is 2.10. The van der Waals surface area contributed by atoms with E-state index in [1.807, 2.05) is 12.3 Å². The quantitative estimate of drug-likeness (QED) is 0.522. The van der Waals surface area contributed by atoms with Crippen LogP contribution in [0.5, 0.6) is 5.75 Å². The zero-order valence-corrected chi connectivity index (χ0v) is 21.6. The molecule has 0 saturated carbocycles. The number of ether oxygens (including phenoxy) is 3. The smallest absolute Gasteiger partial charge is 0.185 e. The fraction of sp³-hybridized carbons (Fsp3) is 0.542. The third-order valence-electron chi connectivity index (χ3n) is 7.36. The third kappa shape index (κ3) is 3.61. The second-order valence-electron chi connectivity index (χ2n) is 10.3. The summed E-state index contributed by atoms with van der Waals surface area (Å²) in [7, 11) is -3.55. The topological polar surface area (TPSA) is 132 Å². The fourth-order valence-electron chi connectivity index (χ4n) is 4.92. The van der Waals surface area contributed by atoms with Crippen LogP contribution in [0, 0.1) is 0 Å². The van der Waals surface area contributed by atoms with Crippen molar-refractivity contribution in [3.63, 3.8) is 0 Å². The maximum atomic E-state index is 13.0. The second-order valence-corrected chi connectivity index (χ2v) is 12.8. The SMILES string of the molecule is C[C@@H]1COCC2COc3c(nc(-c4c(NC5COC5)cnc5[nH]ccc45)nc3C(C)(C)S(C)(=O)=O)N21. The fourth-order valence-corrected chi connectivity index (χ4v) is 5.41. The largest absolute Gasteiger partial charge is 0.486 e. The van der Waals surface area contributed by atoms with Gasteiger partial charge in [0.1, 0.15) is 22.7 Å². The average molecular weight is 515 g/mol. The highest BCUT2D eigenvalue weighted by Gasteiger charge is 2.44. The molecule has 12 heteroatoms. The monoisotopic (exact) mass is 514 g/mol. The van der Waals surface area contributed by atoms with Crippen LogP contribution in [0.4, 0.5) is 11.5 Å².